The standard InChI is InChI=1S/C14H17ClO5/c1-4-11(15)20-10-8-6-5-7-9(10)12(13(16)18-2)14(17)19-3/h5-8,11-12H,4H2,1-3H3. The van der Waals surface area contributed by atoms with E-state index in [9.17, 15) is 9.59 Å². The number of rotatable bonds is 6. The molecular weight excluding hydrogens is 284 g/mol. The quantitative estimate of drug-likeness (QED) is 0.459. The maximum absolute atomic E-state index is 11.8. The number of carbonyl (C=O) groups is 2. The number of benzene rings is 1. The molecule has 0 radical (unpaired) electrons. The number of alkyl halides is 1. The first kappa shape index (κ1) is 16.3. The molecule has 0 spiro atoms. The molecule has 110 valence electrons. The average Bonchev–Trinajstić information content (AvgIpc) is 2.48. The van der Waals surface area contributed by atoms with Crippen molar-refractivity contribution >= 4 is 23.5 Å². The molecule has 0 heterocycles. The molecule has 5 nitrogen and oxygen atoms in total. The molecule has 0 aliphatic heterocycles. The molecule has 1 aromatic rings. The Morgan fingerprint density at radius 1 is 1.15 bits per heavy atom. The van der Waals surface area contributed by atoms with Crippen LogP contribution in [0.15, 0.2) is 24.3 Å². The van der Waals surface area contributed by atoms with Crippen LogP contribution in [-0.4, -0.2) is 31.7 Å². The highest BCUT2D eigenvalue weighted by Crippen LogP contribution is 2.30. The lowest BCUT2D eigenvalue weighted by atomic mass is 9.98. The van der Waals surface area contributed by atoms with E-state index in [1.54, 1.807) is 24.3 Å². The van der Waals surface area contributed by atoms with Crippen LogP contribution < -0.4 is 4.74 Å². The van der Waals surface area contributed by atoms with Gasteiger partial charge < -0.3 is 14.2 Å². The summed E-state index contributed by atoms with van der Waals surface area (Å²) in [6.45, 7) is 1.86. The Kier molecular flexibility index (Phi) is 6.31. The van der Waals surface area contributed by atoms with Gasteiger partial charge in [0.2, 0.25) is 0 Å². The molecular formula is C14H17ClO5. The topological polar surface area (TPSA) is 61.8 Å². The Balaban J connectivity index is 3.19. The van der Waals surface area contributed by atoms with Gasteiger partial charge in [-0.3, -0.25) is 9.59 Å². The highest BCUT2D eigenvalue weighted by molar-refractivity contribution is 6.19. The van der Waals surface area contributed by atoms with Crippen LogP contribution >= 0.6 is 11.6 Å². The Bertz CT molecular complexity index is 458. The van der Waals surface area contributed by atoms with Gasteiger partial charge in [-0.2, -0.15) is 0 Å². The maximum atomic E-state index is 11.8. The van der Waals surface area contributed by atoms with Gasteiger partial charge in [0.15, 0.2) is 11.5 Å². The van der Waals surface area contributed by atoms with Crippen molar-refractivity contribution in [1.82, 2.24) is 0 Å². The van der Waals surface area contributed by atoms with Gasteiger partial charge in [0.1, 0.15) is 5.75 Å². The summed E-state index contributed by atoms with van der Waals surface area (Å²) in [4.78, 5) is 23.6. The highest BCUT2D eigenvalue weighted by atomic mass is 35.5. The molecule has 0 aromatic heterocycles. The first-order valence-corrected chi connectivity index (χ1v) is 6.54. The molecule has 0 N–H and O–H groups in total. The third-order valence-corrected chi connectivity index (χ3v) is 3.08. The zero-order valence-electron chi connectivity index (χ0n) is 11.6. The van der Waals surface area contributed by atoms with Crippen molar-refractivity contribution in [2.45, 2.75) is 24.8 Å². The number of ether oxygens (including phenoxy) is 3. The van der Waals surface area contributed by atoms with Crippen molar-refractivity contribution in [1.29, 1.82) is 0 Å². The third kappa shape index (κ3) is 3.87. The first-order chi connectivity index (χ1) is 9.54. The van der Waals surface area contributed by atoms with Gasteiger partial charge in [-0.15, -0.1) is 0 Å². The second kappa shape index (κ2) is 7.75. The molecule has 0 saturated heterocycles. The highest BCUT2D eigenvalue weighted by Gasteiger charge is 2.33. The van der Waals surface area contributed by atoms with Gasteiger partial charge in [0.25, 0.3) is 0 Å². The van der Waals surface area contributed by atoms with Crippen LogP contribution in [0.5, 0.6) is 5.75 Å². The van der Waals surface area contributed by atoms with Crippen LogP contribution in [-0.2, 0) is 19.1 Å². The lowest BCUT2D eigenvalue weighted by Gasteiger charge is -2.18. The maximum Gasteiger partial charge on any atom is 0.324 e. The van der Waals surface area contributed by atoms with Gasteiger partial charge in [0, 0.05) is 5.56 Å². The first-order valence-electron chi connectivity index (χ1n) is 6.10. The fraction of sp³-hybridized carbons (Fsp3) is 0.429. The molecule has 1 atom stereocenters. The SMILES string of the molecule is CCC(Cl)Oc1ccccc1C(C(=O)OC)C(=O)OC. The van der Waals surface area contributed by atoms with E-state index >= 15 is 0 Å². The molecule has 20 heavy (non-hydrogen) atoms. The monoisotopic (exact) mass is 300 g/mol. The van der Waals surface area contributed by atoms with Crippen molar-refractivity contribution < 1.29 is 23.8 Å². The molecule has 1 unspecified atom stereocenters. The Morgan fingerprint density at radius 2 is 1.70 bits per heavy atom. The largest absolute Gasteiger partial charge is 0.474 e. The normalized spacial score (nSPS) is 11.8. The van der Waals surface area contributed by atoms with Crippen LogP contribution in [0.4, 0.5) is 0 Å². The fourth-order valence-electron chi connectivity index (χ4n) is 1.63. The van der Waals surface area contributed by atoms with Crippen LogP contribution in [0.1, 0.15) is 24.8 Å². The van der Waals surface area contributed by atoms with Crippen molar-refractivity contribution in [3.05, 3.63) is 29.8 Å². The Morgan fingerprint density at radius 3 is 2.20 bits per heavy atom. The van der Waals surface area contributed by atoms with E-state index in [4.69, 9.17) is 16.3 Å². The van der Waals surface area contributed by atoms with Crippen LogP contribution in [0.2, 0.25) is 0 Å². The number of hydrogen-bond acceptors (Lipinski definition) is 5. The lowest BCUT2D eigenvalue weighted by Crippen LogP contribution is -2.25. The molecule has 0 aliphatic carbocycles. The molecule has 0 saturated carbocycles. The van der Waals surface area contributed by atoms with E-state index in [1.807, 2.05) is 6.92 Å². The molecule has 0 aliphatic rings. The van der Waals surface area contributed by atoms with Gasteiger partial charge in [-0.1, -0.05) is 36.7 Å². The number of hydrogen-bond donors (Lipinski definition) is 0. The van der Waals surface area contributed by atoms with E-state index in [-0.39, 0.29) is 0 Å². The molecule has 6 heteroatoms. The second-order valence-corrected chi connectivity index (χ2v) is 4.44. The van der Waals surface area contributed by atoms with E-state index in [2.05, 4.69) is 9.47 Å². The van der Waals surface area contributed by atoms with Crippen LogP contribution in [0.3, 0.4) is 0 Å². The van der Waals surface area contributed by atoms with E-state index in [0.717, 1.165) is 0 Å². The fourth-order valence-corrected chi connectivity index (χ4v) is 1.73. The van der Waals surface area contributed by atoms with Crippen molar-refractivity contribution in [3.8, 4) is 5.75 Å². The summed E-state index contributed by atoms with van der Waals surface area (Å²) < 4.78 is 14.8. The van der Waals surface area contributed by atoms with Crippen molar-refractivity contribution in [3.63, 3.8) is 0 Å². The van der Waals surface area contributed by atoms with Gasteiger partial charge >= 0.3 is 11.9 Å². The molecule has 0 amide bonds. The predicted molar refractivity (Wildman–Crippen MR) is 73.8 cm³/mol. The summed E-state index contributed by atoms with van der Waals surface area (Å²) in [7, 11) is 2.41. The number of methoxy groups -OCH3 is 2. The van der Waals surface area contributed by atoms with E-state index in [1.165, 1.54) is 14.2 Å². The van der Waals surface area contributed by atoms with Gasteiger partial charge in [-0.25, -0.2) is 0 Å². The third-order valence-electron chi connectivity index (χ3n) is 2.68. The minimum atomic E-state index is -1.19. The summed E-state index contributed by atoms with van der Waals surface area (Å²) in [5.74, 6) is -2.26. The molecule has 0 fully saturated rings. The number of para-hydroxylation sites is 1. The molecule has 1 rings (SSSR count). The van der Waals surface area contributed by atoms with Gasteiger partial charge in [-0.05, 0) is 12.5 Å². The van der Waals surface area contributed by atoms with Gasteiger partial charge in [0.05, 0.1) is 14.2 Å². The average molecular weight is 301 g/mol. The zero-order chi connectivity index (χ0) is 15.1. The minimum absolute atomic E-state index is 0.357. The zero-order valence-corrected chi connectivity index (χ0v) is 12.3. The van der Waals surface area contributed by atoms with Crippen LogP contribution in [0.25, 0.3) is 0 Å². The Labute approximate surface area is 122 Å². The summed E-state index contributed by atoms with van der Waals surface area (Å²) in [6.07, 6.45) is 0.580. The second-order valence-electron chi connectivity index (χ2n) is 3.95. The summed E-state index contributed by atoms with van der Waals surface area (Å²) in [5.41, 5.74) is -0.183. The van der Waals surface area contributed by atoms with Crippen LogP contribution in [0, 0.1) is 0 Å². The molecule has 0 bridgehead atoms. The minimum Gasteiger partial charge on any atom is -0.474 e. The summed E-state index contributed by atoms with van der Waals surface area (Å²) >= 11 is 5.95. The number of halogens is 1. The summed E-state index contributed by atoms with van der Waals surface area (Å²) in [6, 6.07) is 6.66. The number of carbonyl (C=O) groups excluding carboxylic acids is 2. The van der Waals surface area contributed by atoms with E-state index < -0.39 is 23.4 Å². The van der Waals surface area contributed by atoms with Crippen molar-refractivity contribution in [2.24, 2.45) is 0 Å². The summed E-state index contributed by atoms with van der Waals surface area (Å²) in [5, 5.41) is 0. The number of esters is 2. The lowest BCUT2D eigenvalue weighted by molar-refractivity contribution is -0.154. The predicted octanol–water partition coefficient (Wildman–Crippen LogP) is 2.47. The smallest absolute Gasteiger partial charge is 0.324 e. The van der Waals surface area contributed by atoms with E-state index in [0.29, 0.717) is 17.7 Å². The van der Waals surface area contributed by atoms with Crippen molar-refractivity contribution in [2.75, 3.05) is 14.2 Å². The molecule has 1 aromatic carbocycles. The Hall–Kier alpha value is -1.75.